The van der Waals surface area contributed by atoms with Crippen LogP contribution in [0.5, 0.6) is 0 Å². The summed E-state index contributed by atoms with van der Waals surface area (Å²) in [6.07, 6.45) is 3.23. The Morgan fingerprint density at radius 3 is 2.42 bits per heavy atom. The molecule has 1 aliphatic carbocycles. The van der Waals surface area contributed by atoms with Gasteiger partial charge in [-0.25, -0.2) is 4.79 Å². The van der Waals surface area contributed by atoms with E-state index >= 15 is 0 Å². The molecule has 0 unspecified atom stereocenters. The van der Waals surface area contributed by atoms with E-state index in [0.29, 0.717) is 31.2 Å². The Morgan fingerprint density at radius 2 is 1.79 bits per heavy atom. The van der Waals surface area contributed by atoms with Crippen LogP contribution in [0, 0.1) is 0 Å². The third kappa shape index (κ3) is 3.09. The zero-order chi connectivity index (χ0) is 17.2. The third-order valence-electron chi connectivity index (χ3n) is 5.21. The van der Waals surface area contributed by atoms with Crippen LogP contribution in [-0.4, -0.2) is 55.1 Å². The van der Waals surface area contributed by atoms with Gasteiger partial charge in [0, 0.05) is 31.2 Å². The molecule has 1 aromatic rings. The first-order chi connectivity index (χ1) is 11.6. The van der Waals surface area contributed by atoms with E-state index < -0.39 is 5.41 Å². The first-order valence-electron chi connectivity index (χ1n) is 8.45. The second kappa shape index (κ2) is 7.01. The van der Waals surface area contributed by atoms with Crippen molar-refractivity contribution in [1.29, 1.82) is 0 Å². The van der Waals surface area contributed by atoms with Gasteiger partial charge in [-0.05, 0) is 37.0 Å². The Labute approximate surface area is 147 Å². The number of ether oxygens (including phenoxy) is 1. The van der Waals surface area contributed by atoms with Crippen molar-refractivity contribution in [3.05, 3.63) is 34.9 Å². The Balaban J connectivity index is 1.76. The molecule has 1 aliphatic heterocycles. The molecular weight excluding hydrogens is 328 g/mol. The summed E-state index contributed by atoms with van der Waals surface area (Å²) >= 11 is 6.14. The molecule has 0 aromatic heterocycles. The minimum Gasteiger partial charge on any atom is -0.453 e. The first kappa shape index (κ1) is 17.1. The quantitative estimate of drug-likeness (QED) is 0.823. The molecule has 0 spiro atoms. The van der Waals surface area contributed by atoms with Crippen molar-refractivity contribution in [1.82, 2.24) is 9.80 Å². The van der Waals surface area contributed by atoms with E-state index in [-0.39, 0.29) is 12.0 Å². The molecule has 2 fully saturated rings. The van der Waals surface area contributed by atoms with E-state index in [1.54, 1.807) is 4.90 Å². The predicted molar refractivity (Wildman–Crippen MR) is 92.2 cm³/mol. The molecule has 0 bridgehead atoms. The lowest BCUT2D eigenvalue weighted by molar-refractivity contribution is -0.140. The Hall–Kier alpha value is -1.75. The fourth-order valence-corrected chi connectivity index (χ4v) is 3.87. The standard InChI is InChI=1S/C18H23ClN2O3/c1-24-17(23)21-10-4-9-20(11-12-21)16(22)18(7-3-8-18)14-5-2-6-15(19)13-14/h2,5-6,13H,3-4,7-12H2,1H3. The van der Waals surface area contributed by atoms with Crippen LogP contribution in [0.2, 0.25) is 5.02 Å². The summed E-state index contributed by atoms with van der Waals surface area (Å²) in [5.74, 6) is 0.169. The van der Waals surface area contributed by atoms with Crippen LogP contribution >= 0.6 is 11.6 Å². The summed E-state index contributed by atoms with van der Waals surface area (Å²) in [7, 11) is 1.39. The van der Waals surface area contributed by atoms with Crippen molar-refractivity contribution in [2.75, 3.05) is 33.3 Å². The number of hydrogen-bond donors (Lipinski definition) is 0. The lowest BCUT2D eigenvalue weighted by Gasteiger charge is -2.44. The monoisotopic (exact) mass is 350 g/mol. The summed E-state index contributed by atoms with van der Waals surface area (Å²) in [5.41, 5.74) is 0.575. The Morgan fingerprint density at radius 1 is 1.08 bits per heavy atom. The maximum Gasteiger partial charge on any atom is 0.409 e. The third-order valence-corrected chi connectivity index (χ3v) is 5.44. The maximum atomic E-state index is 13.3. The number of nitrogens with zero attached hydrogens (tertiary/aromatic N) is 2. The highest BCUT2D eigenvalue weighted by Gasteiger charge is 2.47. The molecule has 1 saturated heterocycles. The van der Waals surface area contributed by atoms with Gasteiger partial charge in [-0.2, -0.15) is 0 Å². The van der Waals surface area contributed by atoms with Crippen LogP contribution < -0.4 is 0 Å². The fraction of sp³-hybridized carbons (Fsp3) is 0.556. The molecule has 1 aromatic carbocycles. The highest BCUT2D eigenvalue weighted by Crippen LogP contribution is 2.45. The van der Waals surface area contributed by atoms with Gasteiger partial charge in [-0.1, -0.05) is 30.2 Å². The average molecular weight is 351 g/mol. The van der Waals surface area contributed by atoms with E-state index in [0.717, 1.165) is 31.2 Å². The second-order valence-electron chi connectivity index (χ2n) is 6.55. The molecule has 2 amide bonds. The maximum absolute atomic E-state index is 13.3. The first-order valence-corrected chi connectivity index (χ1v) is 8.83. The zero-order valence-corrected chi connectivity index (χ0v) is 14.7. The molecule has 1 saturated carbocycles. The number of hydrogen-bond acceptors (Lipinski definition) is 3. The van der Waals surface area contributed by atoms with E-state index in [9.17, 15) is 9.59 Å². The average Bonchev–Trinajstić information content (AvgIpc) is 2.79. The summed E-state index contributed by atoms with van der Waals surface area (Å²) in [6.45, 7) is 2.37. The number of halogens is 1. The van der Waals surface area contributed by atoms with Gasteiger partial charge in [0.05, 0.1) is 12.5 Å². The smallest absolute Gasteiger partial charge is 0.409 e. The molecule has 6 heteroatoms. The van der Waals surface area contributed by atoms with Gasteiger partial charge in [0.2, 0.25) is 5.91 Å². The van der Waals surface area contributed by atoms with E-state index in [1.165, 1.54) is 7.11 Å². The summed E-state index contributed by atoms with van der Waals surface area (Å²) in [6, 6.07) is 7.66. The lowest BCUT2D eigenvalue weighted by Crippen LogP contribution is -2.52. The minimum atomic E-state index is -0.439. The van der Waals surface area contributed by atoms with Gasteiger partial charge in [-0.3, -0.25) is 4.79 Å². The van der Waals surface area contributed by atoms with Crippen LogP contribution in [-0.2, 0) is 14.9 Å². The van der Waals surface area contributed by atoms with Crippen molar-refractivity contribution in [2.24, 2.45) is 0 Å². The van der Waals surface area contributed by atoms with Gasteiger partial charge in [-0.15, -0.1) is 0 Å². The van der Waals surface area contributed by atoms with Gasteiger partial charge in [0.25, 0.3) is 0 Å². The van der Waals surface area contributed by atoms with Crippen LogP contribution in [0.4, 0.5) is 4.79 Å². The molecule has 0 radical (unpaired) electrons. The van der Waals surface area contributed by atoms with Crippen LogP contribution in [0.25, 0.3) is 0 Å². The van der Waals surface area contributed by atoms with Crippen molar-refractivity contribution in [2.45, 2.75) is 31.1 Å². The topological polar surface area (TPSA) is 49.9 Å². The van der Waals surface area contributed by atoms with Crippen LogP contribution in [0.15, 0.2) is 24.3 Å². The number of amides is 2. The van der Waals surface area contributed by atoms with Crippen LogP contribution in [0.1, 0.15) is 31.2 Å². The van der Waals surface area contributed by atoms with E-state index in [4.69, 9.17) is 16.3 Å². The zero-order valence-electron chi connectivity index (χ0n) is 14.0. The van der Waals surface area contributed by atoms with Gasteiger partial charge < -0.3 is 14.5 Å². The lowest BCUT2D eigenvalue weighted by atomic mass is 9.63. The molecular formula is C18H23ClN2O3. The van der Waals surface area contributed by atoms with Gasteiger partial charge in [0.15, 0.2) is 0 Å². The molecule has 130 valence electrons. The van der Waals surface area contributed by atoms with Gasteiger partial charge >= 0.3 is 6.09 Å². The van der Waals surface area contributed by atoms with Crippen LogP contribution in [0.3, 0.4) is 0 Å². The SMILES string of the molecule is COC(=O)N1CCCN(C(=O)C2(c3cccc(Cl)c3)CCC2)CC1. The van der Waals surface area contributed by atoms with Crippen molar-refractivity contribution in [3.63, 3.8) is 0 Å². The summed E-state index contributed by atoms with van der Waals surface area (Å²) in [4.78, 5) is 28.5. The number of carbonyl (C=O) groups excluding carboxylic acids is 2. The highest BCUT2D eigenvalue weighted by atomic mass is 35.5. The number of methoxy groups -OCH3 is 1. The molecule has 0 atom stereocenters. The largest absolute Gasteiger partial charge is 0.453 e. The van der Waals surface area contributed by atoms with Gasteiger partial charge in [0.1, 0.15) is 0 Å². The molecule has 1 heterocycles. The number of carbonyl (C=O) groups is 2. The second-order valence-corrected chi connectivity index (χ2v) is 6.99. The fourth-order valence-electron chi connectivity index (χ4n) is 3.68. The number of benzene rings is 1. The minimum absolute atomic E-state index is 0.169. The van der Waals surface area contributed by atoms with Crippen molar-refractivity contribution < 1.29 is 14.3 Å². The van der Waals surface area contributed by atoms with Crippen molar-refractivity contribution in [3.8, 4) is 0 Å². The molecule has 5 nitrogen and oxygen atoms in total. The Kier molecular flexibility index (Phi) is 4.99. The normalized spacial score (nSPS) is 20.1. The van der Waals surface area contributed by atoms with Crippen molar-refractivity contribution >= 4 is 23.6 Å². The number of rotatable bonds is 2. The molecule has 24 heavy (non-hydrogen) atoms. The Bertz CT molecular complexity index is 630. The molecule has 2 aliphatic rings. The van der Waals surface area contributed by atoms with E-state index in [1.807, 2.05) is 29.2 Å². The molecule has 0 N–H and O–H groups in total. The highest BCUT2D eigenvalue weighted by molar-refractivity contribution is 6.30. The summed E-state index contributed by atoms with van der Waals surface area (Å²) < 4.78 is 4.79. The summed E-state index contributed by atoms with van der Waals surface area (Å²) in [5, 5.41) is 0.666. The van der Waals surface area contributed by atoms with E-state index in [2.05, 4.69) is 0 Å². The molecule has 3 rings (SSSR count). The predicted octanol–water partition coefficient (Wildman–Crippen LogP) is 3.06.